The molecule has 5 nitrogen and oxygen atoms in total. The van der Waals surface area contributed by atoms with Gasteiger partial charge >= 0.3 is 0 Å². The number of amides is 1. The fourth-order valence-corrected chi connectivity index (χ4v) is 3.66. The van der Waals surface area contributed by atoms with Crippen molar-refractivity contribution in [3.8, 4) is 17.4 Å². The summed E-state index contributed by atoms with van der Waals surface area (Å²) >= 11 is 1.68. The zero-order chi connectivity index (χ0) is 15.4. The quantitative estimate of drug-likeness (QED) is 0.937. The minimum atomic E-state index is -0.728. The first-order valence-electron chi connectivity index (χ1n) is 7.02. The summed E-state index contributed by atoms with van der Waals surface area (Å²) in [7, 11) is 0. The van der Waals surface area contributed by atoms with Gasteiger partial charge in [-0.25, -0.2) is 0 Å². The van der Waals surface area contributed by atoms with Crippen molar-refractivity contribution in [3.63, 3.8) is 0 Å². The molecule has 1 aromatic heterocycles. The standard InChI is InChI=1S/C16H15N3O2S/c17-10-16(6-7-22-11-16)18-15(20)9-13-8-14(21-19-13)12-4-2-1-3-5-12/h1-5,8H,6-7,9,11H2,(H,18,20)/t16-/m0/s1. The Hall–Kier alpha value is -2.26. The van der Waals surface area contributed by atoms with Gasteiger partial charge in [-0.3, -0.25) is 4.79 Å². The van der Waals surface area contributed by atoms with E-state index in [1.165, 1.54) is 0 Å². The van der Waals surface area contributed by atoms with E-state index in [1.807, 2.05) is 30.3 Å². The molecule has 22 heavy (non-hydrogen) atoms. The molecule has 112 valence electrons. The third kappa shape index (κ3) is 3.15. The van der Waals surface area contributed by atoms with Gasteiger partial charge in [0.15, 0.2) is 5.76 Å². The Morgan fingerprint density at radius 2 is 2.27 bits per heavy atom. The Morgan fingerprint density at radius 1 is 1.45 bits per heavy atom. The van der Waals surface area contributed by atoms with Crippen molar-refractivity contribution in [1.82, 2.24) is 10.5 Å². The largest absolute Gasteiger partial charge is 0.356 e. The number of benzene rings is 1. The van der Waals surface area contributed by atoms with E-state index in [1.54, 1.807) is 17.8 Å². The molecular formula is C16H15N3O2S. The molecule has 1 fully saturated rings. The number of carbonyl (C=O) groups is 1. The van der Waals surface area contributed by atoms with Crippen LogP contribution in [0, 0.1) is 11.3 Å². The molecular weight excluding hydrogens is 298 g/mol. The zero-order valence-corrected chi connectivity index (χ0v) is 12.7. The molecule has 1 aliphatic heterocycles. The lowest BCUT2D eigenvalue weighted by molar-refractivity contribution is -0.121. The van der Waals surface area contributed by atoms with Gasteiger partial charge in [0.2, 0.25) is 5.91 Å². The van der Waals surface area contributed by atoms with Crippen LogP contribution in [-0.2, 0) is 11.2 Å². The summed E-state index contributed by atoms with van der Waals surface area (Å²) in [5, 5.41) is 16.0. The van der Waals surface area contributed by atoms with Gasteiger partial charge in [-0.15, -0.1) is 0 Å². The number of rotatable bonds is 4. The van der Waals surface area contributed by atoms with Crippen molar-refractivity contribution in [2.24, 2.45) is 0 Å². The monoisotopic (exact) mass is 313 g/mol. The lowest BCUT2D eigenvalue weighted by Gasteiger charge is -2.20. The highest BCUT2D eigenvalue weighted by Crippen LogP contribution is 2.27. The molecule has 0 unspecified atom stereocenters. The van der Waals surface area contributed by atoms with E-state index in [0.717, 1.165) is 11.3 Å². The van der Waals surface area contributed by atoms with Crippen LogP contribution in [0.4, 0.5) is 0 Å². The lowest BCUT2D eigenvalue weighted by atomic mass is 10.0. The fourth-order valence-electron chi connectivity index (χ4n) is 2.39. The highest BCUT2D eigenvalue weighted by molar-refractivity contribution is 7.99. The van der Waals surface area contributed by atoms with E-state index in [2.05, 4.69) is 16.5 Å². The number of aromatic nitrogens is 1. The SMILES string of the molecule is N#C[C@@]1(NC(=O)Cc2cc(-c3ccccc3)on2)CCSC1. The number of thioether (sulfide) groups is 1. The van der Waals surface area contributed by atoms with Gasteiger partial charge in [0.1, 0.15) is 5.54 Å². The maximum absolute atomic E-state index is 12.1. The average Bonchev–Trinajstić information content (AvgIpc) is 3.18. The molecule has 6 heteroatoms. The second-order valence-corrected chi connectivity index (χ2v) is 6.38. The summed E-state index contributed by atoms with van der Waals surface area (Å²) in [4.78, 5) is 12.1. The third-order valence-corrected chi connectivity index (χ3v) is 4.76. The molecule has 1 aromatic carbocycles. The van der Waals surface area contributed by atoms with Crippen molar-refractivity contribution in [2.75, 3.05) is 11.5 Å². The first kappa shape index (κ1) is 14.7. The molecule has 3 rings (SSSR count). The predicted octanol–water partition coefficient (Wildman–Crippen LogP) is 2.40. The highest BCUT2D eigenvalue weighted by Gasteiger charge is 2.36. The minimum absolute atomic E-state index is 0.116. The van der Waals surface area contributed by atoms with Crippen molar-refractivity contribution >= 4 is 17.7 Å². The Balaban J connectivity index is 1.65. The van der Waals surface area contributed by atoms with Crippen LogP contribution in [0.2, 0.25) is 0 Å². The molecule has 1 aliphatic rings. The maximum atomic E-state index is 12.1. The summed E-state index contributed by atoms with van der Waals surface area (Å²) in [6.07, 6.45) is 0.804. The van der Waals surface area contributed by atoms with E-state index >= 15 is 0 Å². The lowest BCUT2D eigenvalue weighted by Crippen LogP contribution is -2.48. The molecule has 1 amide bonds. The van der Waals surface area contributed by atoms with Crippen LogP contribution in [0.5, 0.6) is 0 Å². The molecule has 0 saturated carbocycles. The van der Waals surface area contributed by atoms with Crippen molar-refractivity contribution < 1.29 is 9.32 Å². The first-order valence-corrected chi connectivity index (χ1v) is 8.17. The van der Waals surface area contributed by atoms with Crippen LogP contribution in [-0.4, -0.2) is 28.1 Å². The summed E-state index contributed by atoms with van der Waals surface area (Å²) in [5.74, 6) is 1.98. The molecule has 2 heterocycles. The van der Waals surface area contributed by atoms with E-state index in [4.69, 9.17) is 4.52 Å². The second kappa shape index (κ2) is 6.24. The van der Waals surface area contributed by atoms with E-state index in [9.17, 15) is 10.1 Å². The number of nitrogens with zero attached hydrogens (tertiary/aromatic N) is 2. The molecule has 0 radical (unpaired) electrons. The van der Waals surface area contributed by atoms with Crippen molar-refractivity contribution in [1.29, 1.82) is 5.26 Å². The Labute approximate surface area is 132 Å². The predicted molar refractivity (Wildman–Crippen MR) is 84.1 cm³/mol. The molecule has 0 bridgehead atoms. The molecule has 2 aromatic rings. The van der Waals surface area contributed by atoms with Gasteiger partial charge in [-0.1, -0.05) is 35.5 Å². The van der Waals surface area contributed by atoms with Crippen molar-refractivity contribution in [3.05, 3.63) is 42.1 Å². The summed E-state index contributed by atoms with van der Waals surface area (Å²) < 4.78 is 5.27. The van der Waals surface area contributed by atoms with Gasteiger partial charge < -0.3 is 9.84 Å². The fraction of sp³-hybridized carbons (Fsp3) is 0.312. The molecule has 1 atom stereocenters. The topological polar surface area (TPSA) is 78.9 Å². The third-order valence-electron chi connectivity index (χ3n) is 3.57. The van der Waals surface area contributed by atoms with Crippen LogP contribution >= 0.6 is 11.8 Å². The van der Waals surface area contributed by atoms with Gasteiger partial charge in [-0.2, -0.15) is 17.0 Å². The number of hydrogen-bond acceptors (Lipinski definition) is 5. The Kier molecular flexibility index (Phi) is 4.16. The van der Waals surface area contributed by atoms with Gasteiger partial charge in [0.05, 0.1) is 18.2 Å². The normalized spacial score (nSPS) is 20.5. The van der Waals surface area contributed by atoms with Gasteiger partial charge in [-0.05, 0) is 12.2 Å². The van der Waals surface area contributed by atoms with Crippen LogP contribution in [0.15, 0.2) is 40.9 Å². The van der Waals surface area contributed by atoms with E-state index < -0.39 is 5.54 Å². The van der Waals surface area contributed by atoms with Gasteiger partial charge in [0, 0.05) is 17.4 Å². The summed E-state index contributed by atoms with van der Waals surface area (Å²) in [6.45, 7) is 0. The zero-order valence-electron chi connectivity index (χ0n) is 11.9. The smallest absolute Gasteiger partial charge is 0.227 e. The minimum Gasteiger partial charge on any atom is -0.356 e. The highest BCUT2D eigenvalue weighted by atomic mass is 32.2. The number of nitrogens with one attached hydrogen (secondary N) is 1. The van der Waals surface area contributed by atoms with Crippen LogP contribution in [0.1, 0.15) is 12.1 Å². The molecule has 0 spiro atoms. The van der Waals surface area contributed by atoms with Gasteiger partial charge in [0.25, 0.3) is 0 Å². The number of hydrogen-bond donors (Lipinski definition) is 1. The molecule has 1 N–H and O–H groups in total. The first-order chi connectivity index (χ1) is 10.7. The Morgan fingerprint density at radius 3 is 2.95 bits per heavy atom. The summed E-state index contributed by atoms with van der Waals surface area (Å²) in [5.41, 5.74) is 0.755. The summed E-state index contributed by atoms with van der Waals surface area (Å²) in [6, 6.07) is 13.6. The van der Waals surface area contributed by atoms with E-state index in [-0.39, 0.29) is 12.3 Å². The van der Waals surface area contributed by atoms with Crippen LogP contribution in [0.25, 0.3) is 11.3 Å². The average molecular weight is 313 g/mol. The number of carbonyl (C=O) groups excluding carboxylic acids is 1. The Bertz CT molecular complexity index is 700. The molecule has 1 saturated heterocycles. The van der Waals surface area contributed by atoms with Crippen molar-refractivity contribution in [2.45, 2.75) is 18.4 Å². The maximum Gasteiger partial charge on any atom is 0.227 e. The second-order valence-electron chi connectivity index (χ2n) is 5.27. The van der Waals surface area contributed by atoms with E-state index in [0.29, 0.717) is 23.6 Å². The van der Waals surface area contributed by atoms with Crippen LogP contribution in [0.3, 0.4) is 0 Å². The number of nitriles is 1. The van der Waals surface area contributed by atoms with Crippen LogP contribution < -0.4 is 5.32 Å². The molecule has 0 aliphatic carbocycles.